The van der Waals surface area contributed by atoms with E-state index in [0.717, 1.165) is 24.1 Å². The van der Waals surface area contributed by atoms with Gasteiger partial charge in [-0.25, -0.2) is 13.1 Å². The summed E-state index contributed by atoms with van der Waals surface area (Å²) in [5.41, 5.74) is 7.39. The van der Waals surface area contributed by atoms with Crippen LogP contribution in [0.1, 0.15) is 32.3 Å². The molecule has 1 fully saturated rings. The number of sulfonamides is 1. The zero-order valence-electron chi connectivity index (χ0n) is 13.9. The molecular formula is C16H24ClN3O3S. The van der Waals surface area contributed by atoms with E-state index in [4.69, 9.17) is 5.73 Å². The summed E-state index contributed by atoms with van der Waals surface area (Å²) < 4.78 is 27.9. The van der Waals surface area contributed by atoms with E-state index < -0.39 is 10.0 Å². The quantitative estimate of drug-likeness (QED) is 0.816. The molecule has 1 aromatic rings. The van der Waals surface area contributed by atoms with Crippen molar-refractivity contribution in [3.63, 3.8) is 0 Å². The van der Waals surface area contributed by atoms with Gasteiger partial charge >= 0.3 is 0 Å². The minimum absolute atomic E-state index is 0. The molecule has 0 saturated heterocycles. The highest BCUT2D eigenvalue weighted by Crippen LogP contribution is 2.35. The molecule has 0 aromatic heterocycles. The molecule has 8 heteroatoms. The first-order valence-electron chi connectivity index (χ1n) is 7.98. The van der Waals surface area contributed by atoms with Crippen LogP contribution in [-0.2, 0) is 21.2 Å². The zero-order chi connectivity index (χ0) is 16.8. The second-order valence-corrected chi connectivity index (χ2v) is 8.25. The maximum atomic E-state index is 12.6. The molecule has 2 atom stereocenters. The average Bonchev–Trinajstić information content (AvgIpc) is 3.25. The number of benzene rings is 1. The second-order valence-electron chi connectivity index (χ2n) is 6.53. The van der Waals surface area contributed by atoms with E-state index in [1.165, 1.54) is 6.92 Å². The molecule has 1 aromatic carbocycles. The highest BCUT2D eigenvalue weighted by molar-refractivity contribution is 7.89. The summed E-state index contributed by atoms with van der Waals surface area (Å²) in [6.45, 7) is 3.80. The van der Waals surface area contributed by atoms with Gasteiger partial charge in [-0.3, -0.25) is 4.79 Å². The van der Waals surface area contributed by atoms with E-state index in [2.05, 4.69) is 4.72 Å². The summed E-state index contributed by atoms with van der Waals surface area (Å²) in [6, 6.07) is 4.83. The van der Waals surface area contributed by atoms with Crippen molar-refractivity contribution in [2.75, 3.05) is 11.4 Å². The second kappa shape index (κ2) is 7.00. The topological polar surface area (TPSA) is 92.5 Å². The van der Waals surface area contributed by atoms with E-state index in [-0.39, 0.29) is 35.3 Å². The molecule has 3 N–H and O–H groups in total. The van der Waals surface area contributed by atoms with Crippen molar-refractivity contribution in [3.05, 3.63) is 23.8 Å². The first kappa shape index (κ1) is 19.2. The van der Waals surface area contributed by atoms with E-state index in [0.29, 0.717) is 18.9 Å². The van der Waals surface area contributed by atoms with E-state index in [1.54, 1.807) is 23.1 Å². The van der Waals surface area contributed by atoms with Crippen molar-refractivity contribution < 1.29 is 13.2 Å². The molecule has 1 aliphatic heterocycles. The molecule has 24 heavy (non-hydrogen) atoms. The fourth-order valence-corrected chi connectivity index (χ4v) is 4.73. The van der Waals surface area contributed by atoms with Crippen LogP contribution < -0.4 is 15.4 Å². The lowest BCUT2D eigenvalue weighted by Gasteiger charge is -2.21. The molecule has 1 amide bonds. The highest BCUT2D eigenvalue weighted by Gasteiger charge is 2.34. The number of nitrogens with two attached hydrogens (primary N) is 1. The van der Waals surface area contributed by atoms with Crippen LogP contribution in [0.4, 0.5) is 5.69 Å². The monoisotopic (exact) mass is 373 g/mol. The molecule has 0 radical (unpaired) electrons. The molecular weight excluding hydrogens is 350 g/mol. The molecule has 134 valence electrons. The Hall–Kier alpha value is -1.15. The van der Waals surface area contributed by atoms with Crippen molar-refractivity contribution in [1.29, 1.82) is 0 Å². The van der Waals surface area contributed by atoms with E-state index >= 15 is 0 Å². The van der Waals surface area contributed by atoms with Gasteiger partial charge < -0.3 is 10.6 Å². The van der Waals surface area contributed by atoms with Crippen LogP contribution in [0.5, 0.6) is 0 Å². The van der Waals surface area contributed by atoms with Gasteiger partial charge in [-0.15, -0.1) is 12.4 Å². The summed E-state index contributed by atoms with van der Waals surface area (Å²) in [6.07, 6.45) is 2.72. The largest absolute Gasteiger partial charge is 0.329 e. The maximum Gasteiger partial charge on any atom is 0.240 e. The molecule has 3 rings (SSSR count). The van der Waals surface area contributed by atoms with Crippen LogP contribution in [0.15, 0.2) is 23.1 Å². The Balaban J connectivity index is 0.00000208. The van der Waals surface area contributed by atoms with Gasteiger partial charge in [-0.05, 0) is 55.9 Å². The van der Waals surface area contributed by atoms with Crippen LogP contribution in [0, 0.1) is 5.92 Å². The van der Waals surface area contributed by atoms with Gasteiger partial charge in [-0.1, -0.05) is 0 Å². The van der Waals surface area contributed by atoms with Crippen molar-refractivity contribution in [2.24, 2.45) is 11.7 Å². The summed E-state index contributed by atoms with van der Waals surface area (Å²) in [5, 5.41) is 0. The number of carbonyl (C=O) groups excluding carboxylic acids is 1. The number of rotatable bonds is 5. The summed E-state index contributed by atoms with van der Waals surface area (Å²) >= 11 is 0. The summed E-state index contributed by atoms with van der Waals surface area (Å²) in [4.78, 5) is 13.7. The molecule has 2 unspecified atom stereocenters. The third-order valence-electron chi connectivity index (χ3n) is 4.67. The standard InChI is InChI=1S/C16H23N3O3S.ClH/c1-10-7-13-8-14(5-6-16(13)19(10)11(2)20)23(21,22)18-15(9-17)12-3-4-12;/h5-6,8,10,12,15,18H,3-4,7,9,17H2,1-2H3;1H. The van der Waals surface area contributed by atoms with E-state index in [1.807, 2.05) is 6.92 Å². The number of fused-ring (bicyclic) bond motifs is 1. The molecule has 0 spiro atoms. The van der Waals surface area contributed by atoms with Crippen LogP contribution >= 0.6 is 12.4 Å². The first-order valence-corrected chi connectivity index (χ1v) is 9.47. The third kappa shape index (κ3) is 3.59. The van der Waals surface area contributed by atoms with Gasteiger partial charge in [0.15, 0.2) is 0 Å². The lowest BCUT2D eigenvalue weighted by atomic mass is 10.1. The number of carbonyl (C=O) groups is 1. The smallest absolute Gasteiger partial charge is 0.240 e. The Morgan fingerprint density at radius 3 is 2.62 bits per heavy atom. The Morgan fingerprint density at radius 1 is 1.42 bits per heavy atom. The minimum Gasteiger partial charge on any atom is -0.329 e. The molecule has 2 aliphatic rings. The normalized spacial score (nSPS) is 21.1. The number of nitrogens with zero attached hydrogens (tertiary/aromatic N) is 1. The van der Waals surface area contributed by atoms with E-state index in [9.17, 15) is 13.2 Å². The maximum absolute atomic E-state index is 12.6. The minimum atomic E-state index is -3.59. The summed E-state index contributed by atoms with van der Waals surface area (Å²) in [5.74, 6) is 0.333. The number of nitrogens with one attached hydrogen (secondary N) is 1. The molecule has 1 saturated carbocycles. The summed E-state index contributed by atoms with van der Waals surface area (Å²) in [7, 11) is -3.59. The van der Waals surface area contributed by atoms with Gasteiger partial charge in [0, 0.05) is 31.2 Å². The lowest BCUT2D eigenvalue weighted by molar-refractivity contribution is -0.116. The van der Waals surface area contributed by atoms with Crippen molar-refractivity contribution in [3.8, 4) is 0 Å². The predicted molar refractivity (Wildman–Crippen MR) is 95.9 cm³/mol. The van der Waals surface area contributed by atoms with Gasteiger partial charge in [0.05, 0.1) is 4.90 Å². The molecule has 1 aliphatic carbocycles. The molecule has 1 heterocycles. The number of anilines is 1. The fourth-order valence-electron chi connectivity index (χ4n) is 3.36. The van der Waals surface area contributed by atoms with Gasteiger partial charge in [0.2, 0.25) is 15.9 Å². The third-order valence-corrected chi connectivity index (χ3v) is 6.16. The predicted octanol–water partition coefficient (Wildman–Crippen LogP) is 1.42. The molecule has 6 nitrogen and oxygen atoms in total. The van der Waals surface area contributed by atoms with Gasteiger partial charge in [0.25, 0.3) is 0 Å². The number of halogens is 1. The first-order chi connectivity index (χ1) is 10.8. The average molecular weight is 374 g/mol. The van der Waals surface area contributed by atoms with Crippen LogP contribution in [-0.4, -0.2) is 33.0 Å². The Kier molecular flexibility index (Phi) is 5.59. The van der Waals surface area contributed by atoms with Crippen LogP contribution in [0.3, 0.4) is 0 Å². The van der Waals surface area contributed by atoms with Crippen LogP contribution in [0.25, 0.3) is 0 Å². The lowest BCUT2D eigenvalue weighted by Crippen LogP contribution is -2.41. The number of hydrogen-bond donors (Lipinski definition) is 2. The highest BCUT2D eigenvalue weighted by atomic mass is 35.5. The SMILES string of the molecule is CC(=O)N1c2ccc(S(=O)(=O)NC(CN)C3CC3)cc2CC1C.Cl. The molecule has 0 bridgehead atoms. The Bertz CT molecular complexity index is 734. The fraction of sp³-hybridized carbons (Fsp3) is 0.562. The number of amides is 1. The van der Waals surface area contributed by atoms with Crippen LogP contribution in [0.2, 0.25) is 0 Å². The Morgan fingerprint density at radius 2 is 2.08 bits per heavy atom. The van der Waals surface area contributed by atoms with Crippen molar-refractivity contribution in [1.82, 2.24) is 4.72 Å². The van der Waals surface area contributed by atoms with Gasteiger partial charge in [-0.2, -0.15) is 0 Å². The van der Waals surface area contributed by atoms with Gasteiger partial charge in [0.1, 0.15) is 0 Å². The van der Waals surface area contributed by atoms with Crippen molar-refractivity contribution in [2.45, 2.75) is 50.1 Å². The Labute approximate surface area is 149 Å². The van der Waals surface area contributed by atoms with Crippen molar-refractivity contribution >= 4 is 34.0 Å². The number of hydrogen-bond acceptors (Lipinski definition) is 4. The zero-order valence-corrected chi connectivity index (χ0v) is 15.5.